The molecule has 3 N–H and O–H groups in total. The predicted molar refractivity (Wildman–Crippen MR) is 125 cm³/mol. The van der Waals surface area contributed by atoms with Gasteiger partial charge in [-0.1, -0.05) is 20.8 Å². The number of nitrogens with zero attached hydrogens (tertiary/aromatic N) is 2. The zero-order chi connectivity index (χ0) is 24.4. The Morgan fingerprint density at radius 3 is 2.22 bits per heavy atom. The summed E-state index contributed by atoms with van der Waals surface area (Å²) in [4.78, 5) is 31.4. The van der Waals surface area contributed by atoms with Crippen molar-refractivity contribution in [2.45, 2.75) is 103 Å². The lowest BCUT2D eigenvalue weighted by Crippen LogP contribution is -2.54. The van der Waals surface area contributed by atoms with Crippen LogP contribution in [0.3, 0.4) is 0 Å². The fourth-order valence-corrected chi connectivity index (χ4v) is 3.99. The molecule has 2 saturated heterocycles. The van der Waals surface area contributed by atoms with E-state index in [-0.39, 0.29) is 36.8 Å². The van der Waals surface area contributed by atoms with Crippen molar-refractivity contribution < 1.29 is 23.6 Å². The van der Waals surface area contributed by atoms with E-state index in [2.05, 4.69) is 10.1 Å². The second-order valence-electron chi connectivity index (χ2n) is 10.3. The molecule has 0 aromatic heterocycles. The van der Waals surface area contributed by atoms with Gasteiger partial charge in [-0.15, -0.1) is 0 Å². The third kappa shape index (κ3) is 5.57. The summed E-state index contributed by atoms with van der Waals surface area (Å²) in [5.74, 6) is 0.137. The van der Waals surface area contributed by atoms with Gasteiger partial charge in [-0.25, -0.2) is 4.79 Å². The van der Waals surface area contributed by atoms with Gasteiger partial charge in [-0.2, -0.15) is 0 Å². The zero-order valence-electron chi connectivity index (χ0n) is 21.1. The van der Waals surface area contributed by atoms with Crippen molar-refractivity contribution in [1.82, 2.24) is 10.2 Å². The number of hydrogen-bond donors (Lipinski definition) is 2. The van der Waals surface area contributed by atoms with E-state index < -0.39 is 23.3 Å². The van der Waals surface area contributed by atoms with Gasteiger partial charge in [0.25, 0.3) is 0 Å². The van der Waals surface area contributed by atoms with Crippen LogP contribution in [0.5, 0.6) is 0 Å². The topological polar surface area (TPSA) is 115 Å². The van der Waals surface area contributed by atoms with Gasteiger partial charge in [-0.05, 0) is 53.4 Å². The molecule has 1 unspecified atom stereocenters. The summed E-state index contributed by atoms with van der Waals surface area (Å²) in [5.41, 5.74) is 5.60. The standard InChI is InChI=1S/C22H41BN4O5/c1-13(2)17(26-20(29)30-9)19(28)27-12-10-11-16(27)18(24)25-15(4)14(3)23-31-21(5,6)22(7,8)32-23/h13-17H,10-12H2,1-9H3,(H2,24,25)(H,26,29)/t14?,15-,16-,17-/m0/s1. The molecule has 182 valence electrons. The number of amidine groups is 1. The van der Waals surface area contributed by atoms with E-state index in [9.17, 15) is 9.59 Å². The normalized spacial score (nSPS) is 25.6. The van der Waals surface area contributed by atoms with E-state index in [1.807, 2.05) is 55.4 Å². The maximum atomic E-state index is 13.2. The third-order valence-electron chi connectivity index (χ3n) is 7.08. The van der Waals surface area contributed by atoms with Crippen LogP contribution in [0.25, 0.3) is 0 Å². The highest BCUT2D eigenvalue weighted by atomic mass is 16.7. The number of ether oxygens (including phenoxy) is 1. The Kier molecular flexibility index (Phi) is 8.26. The third-order valence-corrected chi connectivity index (χ3v) is 7.08. The molecule has 0 spiro atoms. The monoisotopic (exact) mass is 452 g/mol. The molecule has 2 aliphatic rings. The van der Waals surface area contributed by atoms with Crippen molar-refractivity contribution >= 4 is 25.0 Å². The summed E-state index contributed by atoms with van der Waals surface area (Å²) in [6.07, 6.45) is 0.942. The Morgan fingerprint density at radius 1 is 1.16 bits per heavy atom. The van der Waals surface area contributed by atoms with E-state index in [0.717, 1.165) is 12.8 Å². The number of nitrogens with one attached hydrogen (secondary N) is 1. The highest BCUT2D eigenvalue weighted by Gasteiger charge is 2.53. The lowest BCUT2D eigenvalue weighted by atomic mass is 9.69. The fourth-order valence-electron chi connectivity index (χ4n) is 3.99. The van der Waals surface area contributed by atoms with Crippen molar-refractivity contribution in [2.24, 2.45) is 16.6 Å². The Balaban J connectivity index is 2.12. The molecular formula is C22H41BN4O5. The van der Waals surface area contributed by atoms with Gasteiger partial charge in [-0.3, -0.25) is 9.79 Å². The van der Waals surface area contributed by atoms with Crippen LogP contribution >= 0.6 is 0 Å². The van der Waals surface area contributed by atoms with Crippen LogP contribution in [0.2, 0.25) is 5.82 Å². The number of amides is 2. The first-order valence-corrected chi connectivity index (χ1v) is 11.6. The first kappa shape index (κ1) is 26.4. The Morgan fingerprint density at radius 2 is 1.72 bits per heavy atom. The van der Waals surface area contributed by atoms with Gasteiger partial charge in [0.05, 0.1) is 30.4 Å². The summed E-state index contributed by atoms with van der Waals surface area (Å²) in [5, 5.41) is 2.65. The van der Waals surface area contributed by atoms with Crippen LogP contribution in [0.4, 0.5) is 4.79 Å². The molecule has 4 atom stereocenters. The number of nitrogens with two attached hydrogens (primary N) is 1. The van der Waals surface area contributed by atoms with Gasteiger partial charge in [0.1, 0.15) is 11.9 Å². The number of carbonyl (C=O) groups excluding carboxylic acids is 2. The van der Waals surface area contributed by atoms with Crippen LogP contribution in [0, 0.1) is 5.92 Å². The molecule has 10 heteroatoms. The van der Waals surface area contributed by atoms with Crippen molar-refractivity contribution in [3.05, 3.63) is 0 Å². The van der Waals surface area contributed by atoms with Gasteiger partial charge >= 0.3 is 13.2 Å². The number of likely N-dealkylation sites (tertiary alicyclic amines) is 1. The minimum atomic E-state index is -0.683. The van der Waals surface area contributed by atoms with Crippen molar-refractivity contribution in [2.75, 3.05) is 13.7 Å². The maximum absolute atomic E-state index is 13.2. The quantitative estimate of drug-likeness (QED) is 0.349. The largest absolute Gasteiger partial charge is 0.463 e. The molecule has 0 aromatic rings. The number of methoxy groups -OCH3 is 1. The number of alkyl carbamates (subject to hydrolysis) is 1. The van der Waals surface area contributed by atoms with Crippen molar-refractivity contribution in [1.29, 1.82) is 0 Å². The Hall–Kier alpha value is -1.81. The van der Waals surface area contributed by atoms with E-state index in [4.69, 9.17) is 20.0 Å². The number of rotatable bonds is 7. The summed E-state index contributed by atoms with van der Waals surface area (Å²) in [6.45, 7) is 16.5. The molecule has 2 rings (SSSR count). The molecular weight excluding hydrogens is 411 g/mol. The van der Waals surface area contributed by atoms with Crippen LogP contribution in [-0.2, 0) is 18.8 Å². The summed E-state index contributed by atoms with van der Waals surface area (Å²) >= 11 is 0. The van der Waals surface area contributed by atoms with Crippen LogP contribution in [0.1, 0.15) is 68.2 Å². The van der Waals surface area contributed by atoms with Crippen LogP contribution in [0.15, 0.2) is 4.99 Å². The van der Waals surface area contributed by atoms with Gasteiger partial charge in [0.15, 0.2) is 0 Å². The number of carbonyl (C=O) groups is 2. The number of hydrogen-bond acceptors (Lipinski definition) is 6. The minimum absolute atomic E-state index is 0.0236. The summed E-state index contributed by atoms with van der Waals surface area (Å²) < 4.78 is 17.0. The molecule has 9 nitrogen and oxygen atoms in total. The van der Waals surface area contributed by atoms with Gasteiger partial charge in [0.2, 0.25) is 5.91 Å². The lowest BCUT2D eigenvalue weighted by Gasteiger charge is -2.32. The van der Waals surface area contributed by atoms with Crippen molar-refractivity contribution in [3.63, 3.8) is 0 Å². The molecule has 0 aromatic carbocycles. The number of aliphatic imine (C=N–C) groups is 1. The molecule has 2 heterocycles. The minimum Gasteiger partial charge on any atom is -0.453 e. The highest BCUT2D eigenvalue weighted by molar-refractivity contribution is 6.47. The smallest absolute Gasteiger partial charge is 0.453 e. The Bertz CT molecular complexity index is 711. The summed E-state index contributed by atoms with van der Waals surface area (Å²) in [7, 11) is 0.894. The molecule has 2 aliphatic heterocycles. The average Bonchev–Trinajstić information content (AvgIpc) is 3.26. The molecule has 0 bridgehead atoms. The molecule has 0 radical (unpaired) electrons. The maximum Gasteiger partial charge on any atom is 0.463 e. The molecule has 2 fully saturated rings. The predicted octanol–water partition coefficient (Wildman–Crippen LogP) is 2.59. The van der Waals surface area contributed by atoms with Crippen molar-refractivity contribution in [3.8, 4) is 0 Å². The fraction of sp³-hybridized carbons (Fsp3) is 0.864. The molecule has 0 aliphatic carbocycles. The molecule has 0 saturated carbocycles. The van der Waals surface area contributed by atoms with Gasteiger partial charge < -0.3 is 30.0 Å². The van der Waals surface area contributed by atoms with E-state index >= 15 is 0 Å². The Labute approximate surface area is 192 Å². The molecule has 2 amide bonds. The second kappa shape index (κ2) is 9.99. The molecule has 32 heavy (non-hydrogen) atoms. The van der Waals surface area contributed by atoms with Crippen LogP contribution in [-0.4, -0.2) is 72.8 Å². The zero-order valence-corrected chi connectivity index (χ0v) is 21.1. The van der Waals surface area contributed by atoms with E-state index in [0.29, 0.717) is 12.4 Å². The average molecular weight is 452 g/mol. The lowest BCUT2D eigenvalue weighted by molar-refractivity contribution is -0.134. The van der Waals surface area contributed by atoms with Crippen LogP contribution < -0.4 is 11.1 Å². The summed E-state index contributed by atoms with van der Waals surface area (Å²) in [6, 6.07) is -1.13. The van der Waals surface area contributed by atoms with E-state index in [1.54, 1.807) is 4.90 Å². The SMILES string of the molecule is COC(=O)N[C@H](C(=O)N1CCC[C@H]1C(N)=N[C@@H](C)C(C)B1OC(C)(C)C(C)(C)O1)C(C)C. The first-order valence-electron chi connectivity index (χ1n) is 11.6. The first-order chi connectivity index (χ1) is 14.7. The second-order valence-corrected chi connectivity index (χ2v) is 10.3. The van der Waals surface area contributed by atoms with E-state index in [1.165, 1.54) is 7.11 Å². The highest BCUT2D eigenvalue weighted by Crippen LogP contribution is 2.41. The van der Waals surface area contributed by atoms with Gasteiger partial charge in [0, 0.05) is 12.4 Å².